The summed E-state index contributed by atoms with van der Waals surface area (Å²) >= 11 is 3.38. The molecule has 0 bridgehead atoms. The molecular weight excluding hydrogens is 312 g/mol. The van der Waals surface area contributed by atoms with Crippen molar-refractivity contribution in [1.82, 2.24) is 0 Å². The van der Waals surface area contributed by atoms with Crippen LogP contribution in [0.2, 0.25) is 0 Å². The average molecular weight is 325 g/mol. The van der Waals surface area contributed by atoms with Gasteiger partial charge in [0.25, 0.3) is 0 Å². The van der Waals surface area contributed by atoms with E-state index in [-0.39, 0.29) is 12.6 Å². The molecule has 6 nitrogen and oxygen atoms in total. The van der Waals surface area contributed by atoms with E-state index in [0.717, 1.165) is 10.0 Å². The Hall–Kier alpha value is -2.20. The van der Waals surface area contributed by atoms with Crippen LogP contribution in [0.15, 0.2) is 26.8 Å². The molecule has 0 radical (unpaired) electrons. The molecule has 100 valence electrons. The zero-order valence-corrected chi connectivity index (χ0v) is 11.8. The number of guanidine groups is 1. The van der Waals surface area contributed by atoms with Gasteiger partial charge >= 0.3 is 0 Å². The Morgan fingerprint density at radius 1 is 1.47 bits per heavy atom. The molecule has 0 aliphatic carbocycles. The van der Waals surface area contributed by atoms with Gasteiger partial charge in [-0.25, -0.2) is 0 Å². The van der Waals surface area contributed by atoms with Crippen LogP contribution in [0.3, 0.4) is 0 Å². The third-order valence-electron chi connectivity index (χ3n) is 1.96. The van der Waals surface area contributed by atoms with Gasteiger partial charge in [0.15, 0.2) is 11.5 Å². The molecule has 7 heteroatoms. The molecular formula is C12H13BrN4O2. The SMILES string of the molecule is C#CCOc1cc(Br)c(C=NN=C(N)N)cc1OC. The van der Waals surface area contributed by atoms with Crippen molar-refractivity contribution in [1.29, 1.82) is 0 Å². The maximum absolute atomic E-state index is 5.35. The van der Waals surface area contributed by atoms with E-state index >= 15 is 0 Å². The Morgan fingerprint density at radius 3 is 2.79 bits per heavy atom. The van der Waals surface area contributed by atoms with Crippen LogP contribution in [0, 0.1) is 12.3 Å². The van der Waals surface area contributed by atoms with Gasteiger partial charge in [-0.2, -0.15) is 5.10 Å². The number of benzene rings is 1. The Balaban J connectivity index is 3.06. The fourth-order valence-electron chi connectivity index (χ4n) is 1.20. The number of halogens is 1. The van der Waals surface area contributed by atoms with Gasteiger partial charge in [-0.1, -0.05) is 5.92 Å². The van der Waals surface area contributed by atoms with Crippen molar-refractivity contribution in [3.63, 3.8) is 0 Å². The molecule has 0 saturated carbocycles. The second kappa shape index (κ2) is 7.28. The number of nitrogens with two attached hydrogens (primary N) is 2. The van der Waals surface area contributed by atoms with Crippen molar-refractivity contribution in [2.24, 2.45) is 21.7 Å². The van der Waals surface area contributed by atoms with Crippen LogP contribution in [0.25, 0.3) is 0 Å². The summed E-state index contributed by atoms with van der Waals surface area (Å²) < 4.78 is 11.3. The van der Waals surface area contributed by atoms with Crippen LogP contribution in [0.1, 0.15) is 5.56 Å². The number of ether oxygens (including phenoxy) is 2. The maximum atomic E-state index is 5.35. The Bertz CT molecular complexity index is 545. The predicted molar refractivity (Wildman–Crippen MR) is 78.4 cm³/mol. The van der Waals surface area contributed by atoms with E-state index in [2.05, 4.69) is 32.1 Å². The highest BCUT2D eigenvalue weighted by molar-refractivity contribution is 9.10. The van der Waals surface area contributed by atoms with Crippen molar-refractivity contribution in [2.45, 2.75) is 0 Å². The molecule has 0 aromatic heterocycles. The quantitative estimate of drug-likeness (QED) is 0.366. The van der Waals surface area contributed by atoms with Crippen molar-refractivity contribution in [3.05, 3.63) is 22.2 Å². The summed E-state index contributed by atoms with van der Waals surface area (Å²) in [5.74, 6) is 3.33. The highest BCUT2D eigenvalue weighted by Gasteiger charge is 2.08. The Labute approximate surface area is 119 Å². The first-order valence-electron chi connectivity index (χ1n) is 5.14. The lowest BCUT2D eigenvalue weighted by Gasteiger charge is -2.10. The zero-order valence-electron chi connectivity index (χ0n) is 10.3. The van der Waals surface area contributed by atoms with Gasteiger partial charge in [-0.3, -0.25) is 0 Å². The molecule has 1 rings (SSSR count). The number of methoxy groups -OCH3 is 1. The minimum Gasteiger partial charge on any atom is -0.493 e. The standard InChI is InChI=1S/C12H13BrN4O2/c1-3-4-19-11-6-9(13)8(5-10(11)18-2)7-16-17-12(14)15/h1,5-7H,4H2,2H3,(H4,14,15,17). The summed E-state index contributed by atoms with van der Waals surface area (Å²) in [6.07, 6.45) is 6.63. The van der Waals surface area contributed by atoms with Crippen LogP contribution < -0.4 is 20.9 Å². The van der Waals surface area contributed by atoms with Crippen molar-refractivity contribution < 1.29 is 9.47 Å². The van der Waals surface area contributed by atoms with E-state index in [4.69, 9.17) is 27.4 Å². The molecule has 0 aliphatic heterocycles. The first-order chi connectivity index (χ1) is 9.08. The molecule has 0 heterocycles. The normalized spacial score (nSPS) is 9.95. The highest BCUT2D eigenvalue weighted by Crippen LogP contribution is 2.32. The number of hydrogen-bond donors (Lipinski definition) is 2. The molecule has 19 heavy (non-hydrogen) atoms. The first-order valence-corrected chi connectivity index (χ1v) is 5.93. The lowest BCUT2D eigenvalue weighted by atomic mass is 10.2. The van der Waals surface area contributed by atoms with E-state index in [9.17, 15) is 0 Å². The molecule has 0 saturated heterocycles. The fraction of sp³-hybridized carbons (Fsp3) is 0.167. The summed E-state index contributed by atoms with van der Waals surface area (Å²) in [5, 5.41) is 7.23. The van der Waals surface area contributed by atoms with Gasteiger partial charge in [0.05, 0.1) is 13.3 Å². The number of terminal acetylenes is 1. The average Bonchev–Trinajstić information content (AvgIpc) is 2.38. The lowest BCUT2D eigenvalue weighted by Crippen LogP contribution is -2.21. The van der Waals surface area contributed by atoms with E-state index < -0.39 is 0 Å². The van der Waals surface area contributed by atoms with Crippen LogP contribution in [0.5, 0.6) is 11.5 Å². The summed E-state index contributed by atoms with van der Waals surface area (Å²) in [5.41, 5.74) is 11.1. The smallest absolute Gasteiger partial charge is 0.211 e. The van der Waals surface area contributed by atoms with E-state index in [1.807, 2.05) is 0 Å². The molecule has 1 aromatic carbocycles. The molecule has 0 amide bonds. The number of nitrogens with zero attached hydrogens (tertiary/aromatic N) is 2. The third-order valence-corrected chi connectivity index (χ3v) is 2.65. The van der Waals surface area contributed by atoms with Crippen molar-refractivity contribution in [3.8, 4) is 23.8 Å². The molecule has 0 atom stereocenters. The largest absolute Gasteiger partial charge is 0.493 e. The second-order valence-corrected chi connectivity index (χ2v) is 4.14. The molecule has 4 N–H and O–H groups in total. The van der Waals surface area contributed by atoms with Gasteiger partial charge < -0.3 is 20.9 Å². The topological polar surface area (TPSA) is 95.2 Å². The predicted octanol–water partition coefficient (Wildman–Crippen LogP) is 1.08. The van der Waals surface area contributed by atoms with Gasteiger partial charge in [0.2, 0.25) is 5.96 Å². The molecule has 0 spiro atoms. The van der Waals surface area contributed by atoms with Gasteiger partial charge in [0.1, 0.15) is 6.61 Å². The van der Waals surface area contributed by atoms with Gasteiger partial charge in [0, 0.05) is 10.0 Å². The minimum atomic E-state index is -0.117. The zero-order chi connectivity index (χ0) is 14.3. The monoisotopic (exact) mass is 324 g/mol. The molecule has 0 fully saturated rings. The van der Waals surface area contributed by atoms with E-state index in [0.29, 0.717) is 11.5 Å². The Morgan fingerprint density at radius 2 is 2.21 bits per heavy atom. The van der Waals surface area contributed by atoms with Gasteiger partial charge in [-0.15, -0.1) is 11.5 Å². The summed E-state index contributed by atoms with van der Waals surface area (Å²) in [6.45, 7) is 0.157. The molecule has 1 aromatic rings. The van der Waals surface area contributed by atoms with Crippen LogP contribution >= 0.6 is 15.9 Å². The second-order valence-electron chi connectivity index (χ2n) is 3.29. The first kappa shape index (κ1) is 14.9. The van der Waals surface area contributed by atoms with Gasteiger partial charge in [-0.05, 0) is 28.1 Å². The van der Waals surface area contributed by atoms with E-state index in [1.165, 1.54) is 13.3 Å². The molecule has 0 aliphatic rings. The van der Waals surface area contributed by atoms with Crippen LogP contribution in [-0.4, -0.2) is 25.9 Å². The minimum absolute atomic E-state index is 0.117. The molecule has 0 unspecified atom stereocenters. The van der Waals surface area contributed by atoms with Crippen LogP contribution in [0.4, 0.5) is 0 Å². The maximum Gasteiger partial charge on any atom is 0.211 e. The van der Waals surface area contributed by atoms with E-state index in [1.54, 1.807) is 12.1 Å². The van der Waals surface area contributed by atoms with Crippen molar-refractivity contribution >= 4 is 28.1 Å². The summed E-state index contributed by atoms with van der Waals surface area (Å²) in [6, 6.07) is 3.45. The third kappa shape index (κ3) is 4.52. The summed E-state index contributed by atoms with van der Waals surface area (Å²) in [7, 11) is 1.53. The number of rotatable bonds is 5. The number of hydrogen-bond acceptors (Lipinski definition) is 4. The highest BCUT2D eigenvalue weighted by atomic mass is 79.9. The fourth-order valence-corrected chi connectivity index (χ4v) is 1.62. The lowest BCUT2D eigenvalue weighted by molar-refractivity contribution is 0.330. The Kier molecular flexibility index (Phi) is 5.70. The summed E-state index contributed by atoms with van der Waals surface area (Å²) in [4.78, 5) is 0. The van der Waals surface area contributed by atoms with Crippen molar-refractivity contribution in [2.75, 3.05) is 13.7 Å². The van der Waals surface area contributed by atoms with Crippen LogP contribution in [-0.2, 0) is 0 Å².